The van der Waals surface area contributed by atoms with Crippen LogP contribution in [-0.4, -0.2) is 19.5 Å². The van der Waals surface area contributed by atoms with E-state index in [1.165, 1.54) is 0 Å². The van der Waals surface area contributed by atoms with Gasteiger partial charge in [-0.2, -0.15) is 0 Å². The molecule has 0 fully saturated rings. The van der Waals surface area contributed by atoms with Crippen molar-refractivity contribution in [2.45, 2.75) is 17.6 Å². The van der Waals surface area contributed by atoms with Crippen LogP contribution in [0.4, 0.5) is 5.69 Å². The van der Waals surface area contributed by atoms with E-state index < -0.39 is 16.0 Å². The molecule has 1 aromatic carbocycles. The molecule has 0 spiro atoms. The Kier molecular flexibility index (Phi) is 4.70. The number of hydrogen-bond donors (Lipinski definition) is 2. The molecule has 2 aromatic rings. The van der Waals surface area contributed by atoms with Gasteiger partial charge in [0.05, 0.1) is 10.2 Å². The largest absolute Gasteiger partial charge is 0.481 e. The summed E-state index contributed by atoms with van der Waals surface area (Å²) in [6.45, 7) is 1.82. The molecule has 5 nitrogen and oxygen atoms in total. The number of aryl methyl sites for hydroxylation is 1. The minimum Gasteiger partial charge on any atom is -0.481 e. The highest BCUT2D eigenvalue weighted by molar-refractivity contribution is 9.11. The van der Waals surface area contributed by atoms with E-state index in [0.29, 0.717) is 11.3 Å². The molecule has 0 aliphatic heterocycles. The van der Waals surface area contributed by atoms with Crippen LogP contribution in [0.2, 0.25) is 0 Å². The Morgan fingerprint density at radius 2 is 1.95 bits per heavy atom. The lowest BCUT2D eigenvalue weighted by Crippen LogP contribution is -2.11. The summed E-state index contributed by atoms with van der Waals surface area (Å²) < 4.78 is 27.9. The molecule has 0 bridgehead atoms. The number of aliphatic carboxylic acids is 1. The Hall–Kier alpha value is -1.38. The fourth-order valence-electron chi connectivity index (χ4n) is 1.63. The Labute approximate surface area is 134 Å². The molecule has 0 atom stereocenters. The topological polar surface area (TPSA) is 83.5 Å². The molecular formula is C13H12BrNO4S2. The number of sulfonamides is 1. The molecule has 21 heavy (non-hydrogen) atoms. The third-order valence-corrected chi connectivity index (χ3v) is 6.65. The number of thiophene rings is 1. The van der Waals surface area contributed by atoms with Crippen LogP contribution in [0, 0.1) is 6.92 Å². The first-order valence-electron chi connectivity index (χ1n) is 5.87. The Balaban J connectivity index is 2.18. The summed E-state index contributed by atoms with van der Waals surface area (Å²) in [6, 6.07) is 7.86. The van der Waals surface area contributed by atoms with Crippen LogP contribution >= 0.6 is 27.3 Å². The maximum absolute atomic E-state index is 12.2. The average molecular weight is 390 g/mol. The van der Waals surface area contributed by atoms with Crippen molar-refractivity contribution in [3.8, 4) is 0 Å². The fourth-order valence-corrected chi connectivity index (χ4v) is 4.92. The second-order valence-electron chi connectivity index (χ2n) is 4.40. The summed E-state index contributed by atoms with van der Waals surface area (Å²) in [5.41, 5.74) is 1.86. The molecule has 0 unspecified atom stereocenters. The number of carboxylic acids is 1. The van der Waals surface area contributed by atoms with E-state index in [9.17, 15) is 13.2 Å². The molecular weight excluding hydrogens is 378 g/mol. The lowest BCUT2D eigenvalue weighted by atomic mass is 10.1. The third kappa shape index (κ3) is 4.05. The van der Waals surface area contributed by atoms with Crippen molar-refractivity contribution in [3.05, 3.63) is 45.2 Å². The molecule has 0 radical (unpaired) electrons. The van der Waals surface area contributed by atoms with Crippen molar-refractivity contribution in [2.24, 2.45) is 0 Å². The average Bonchev–Trinajstić information content (AvgIpc) is 2.72. The maximum atomic E-state index is 12.2. The van der Waals surface area contributed by atoms with E-state index in [0.717, 1.165) is 20.7 Å². The van der Waals surface area contributed by atoms with Gasteiger partial charge in [-0.25, -0.2) is 8.42 Å². The smallest absolute Gasteiger partial charge is 0.307 e. The normalized spacial score (nSPS) is 11.3. The van der Waals surface area contributed by atoms with Gasteiger partial charge in [0.25, 0.3) is 10.0 Å². The zero-order chi connectivity index (χ0) is 15.6. The van der Waals surface area contributed by atoms with Gasteiger partial charge in [-0.3, -0.25) is 9.52 Å². The Bertz CT molecular complexity index is 746. The quantitative estimate of drug-likeness (QED) is 0.821. The van der Waals surface area contributed by atoms with Gasteiger partial charge in [-0.1, -0.05) is 12.1 Å². The van der Waals surface area contributed by atoms with Gasteiger partial charge in [0.15, 0.2) is 0 Å². The molecule has 1 aromatic heterocycles. The highest BCUT2D eigenvalue weighted by atomic mass is 79.9. The summed E-state index contributed by atoms with van der Waals surface area (Å²) in [5, 5.41) is 8.69. The van der Waals surface area contributed by atoms with Crippen LogP contribution in [0.1, 0.15) is 11.1 Å². The first kappa shape index (κ1) is 16.0. The SMILES string of the molecule is Cc1cc(S(=O)(=O)Nc2ccc(CC(=O)O)cc2)sc1Br. The molecule has 0 saturated carbocycles. The van der Waals surface area contributed by atoms with Crippen LogP contribution < -0.4 is 4.72 Å². The Morgan fingerprint density at radius 3 is 2.43 bits per heavy atom. The van der Waals surface area contributed by atoms with Gasteiger partial charge in [-0.15, -0.1) is 11.3 Å². The number of benzene rings is 1. The van der Waals surface area contributed by atoms with Crippen LogP contribution in [0.5, 0.6) is 0 Å². The van der Waals surface area contributed by atoms with Crippen LogP contribution in [0.15, 0.2) is 38.3 Å². The van der Waals surface area contributed by atoms with Crippen LogP contribution in [0.3, 0.4) is 0 Å². The zero-order valence-corrected chi connectivity index (χ0v) is 14.2. The van der Waals surface area contributed by atoms with Gasteiger partial charge in [0.1, 0.15) is 4.21 Å². The van der Waals surface area contributed by atoms with Crippen LogP contribution in [0.25, 0.3) is 0 Å². The van der Waals surface area contributed by atoms with E-state index in [4.69, 9.17) is 5.11 Å². The highest BCUT2D eigenvalue weighted by Crippen LogP contribution is 2.31. The predicted molar refractivity (Wildman–Crippen MR) is 85.3 cm³/mol. The van der Waals surface area contributed by atoms with Gasteiger partial charge in [0.2, 0.25) is 0 Å². The first-order chi connectivity index (χ1) is 9.78. The number of rotatable bonds is 5. The molecule has 0 saturated heterocycles. The van der Waals surface area contributed by atoms with E-state index >= 15 is 0 Å². The lowest BCUT2D eigenvalue weighted by molar-refractivity contribution is -0.136. The summed E-state index contributed by atoms with van der Waals surface area (Å²) in [6.07, 6.45) is -0.0932. The minimum atomic E-state index is -3.63. The van der Waals surface area contributed by atoms with E-state index in [2.05, 4.69) is 20.7 Å². The number of anilines is 1. The summed E-state index contributed by atoms with van der Waals surface area (Å²) in [5.74, 6) is -0.928. The second kappa shape index (κ2) is 6.17. The highest BCUT2D eigenvalue weighted by Gasteiger charge is 2.18. The molecule has 0 amide bonds. The van der Waals surface area contributed by atoms with Crippen molar-refractivity contribution in [1.29, 1.82) is 0 Å². The maximum Gasteiger partial charge on any atom is 0.307 e. The zero-order valence-electron chi connectivity index (χ0n) is 11.0. The molecule has 2 rings (SSSR count). The molecule has 2 N–H and O–H groups in total. The second-order valence-corrected chi connectivity index (χ2v) is 8.67. The molecule has 112 valence electrons. The molecule has 8 heteroatoms. The van der Waals surface area contributed by atoms with Crippen molar-refractivity contribution < 1.29 is 18.3 Å². The van der Waals surface area contributed by atoms with Crippen molar-refractivity contribution in [1.82, 2.24) is 0 Å². The van der Waals surface area contributed by atoms with Crippen molar-refractivity contribution in [2.75, 3.05) is 4.72 Å². The van der Waals surface area contributed by atoms with E-state index in [-0.39, 0.29) is 10.6 Å². The van der Waals surface area contributed by atoms with E-state index in [1.54, 1.807) is 30.3 Å². The molecule has 1 heterocycles. The standard InChI is InChI=1S/C13H12BrNO4S2/c1-8-6-12(20-13(8)14)21(18,19)15-10-4-2-9(3-5-10)7-11(16)17/h2-6,15H,7H2,1H3,(H,16,17). The molecule has 0 aliphatic carbocycles. The van der Waals surface area contributed by atoms with Gasteiger partial charge >= 0.3 is 5.97 Å². The summed E-state index contributed by atoms with van der Waals surface area (Å²) >= 11 is 4.44. The van der Waals surface area contributed by atoms with Gasteiger partial charge in [0, 0.05) is 5.69 Å². The number of nitrogens with one attached hydrogen (secondary N) is 1. The lowest BCUT2D eigenvalue weighted by Gasteiger charge is -2.06. The van der Waals surface area contributed by atoms with Gasteiger partial charge in [-0.05, 0) is 52.2 Å². The molecule has 0 aliphatic rings. The van der Waals surface area contributed by atoms with E-state index in [1.807, 2.05) is 6.92 Å². The fraction of sp³-hybridized carbons (Fsp3) is 0.154. The number of hydrogen-bond acceptors (Lipinski definition) is 4. The number of carbonyl (C=O) groups is 1. The third-order valence-electron chi connectivity index (χ3n) is 2.66. The number of halogens is 1. The van der Waals surface area contributed by atoms with Crippen molar-refractivity contribution in [3.63, 3.8) is 0 Å². The Morgan fingerprint density at radius 1 is 1.33 bits per heavy atom. The first-order valence-corrected chi connectivity index (χ1v) is 8.97. The van der Waals surface area contributed by atoms with Crippen molar-refractivity contribution >= 4 is 48.9 Å². The monoisotopic (exact) mass is 389 g/mol. The number of carboxylic acid groups (broad SMARTS) is 1. The van der Waals surface area contributed by atoms with Gasteiger partial charge < -0.3 is 5.11 Å². The summed E-state index contributed by atoms with van der Waals surface area (Å²) in [7, 11) is -3.63. The minimum absolute atomic E-state index is 0.0932. The summed E-state index contributed by atoms with van der Waals surface area (Å²) in [4.78, 5) is 10.6. The van der Waals surface area contributed by atoms with Crippen LogP contribution in [-0.2, 0) is 21.2 Å². The predicted octanol–water partition coefficient (Wildman–Crippen LogP) is 3.25.